The zero-order valence-electron chi connectivity index (χ0n) is 18.7. The van der Waals surface area contributed by atoms with Gasteiger partial charge in [0.05, 0.1) is 35.4 Å². The van der Waals surface area contributed by atoms with Crippen LogP contribution in [0.15, 0.2) is 71.6 Å². The highest BCUT2D eigenvalue weighted by Gasteiger charge is 2.28. The Labute approximate surface area is 203 Å². The van der Waals surface area contributed by atoms with Gasteiger partial charge in [0.15, 0.2) is 0 Å². The van der Waals surface area contributed by atoms with Crippen molar-refractivity contribution in [2.75, 3.05) is 30.4 Å². The van der Waals surface area contributed by atoms with Crippen molar-refractivity contribution < 1.29 is 27.5 Å². The van der Waals surface area contributed by atoms with E-state index >= 15 is 0 Å². The highest BCUT2D eigenvalue weighted by atomic mass is 35.5. The fourth-order valence-corrected chi connectivity index (χ4v) is 4.80. The number of aryl methyl sites for hydroxylation is 1. The molecule has 0 atom stereocenters. The Morgan fingerprint density at radius 3 is 2.32 bits per heavy atom. The molecule has 178 valence electrons. The van der Waals surface area contributed by atoms with Gasteiger partial charge in [-0.1, -0.05) is 35.4 Å². The number of sulfonamides is 1. The molecule has 0 saturated carbocycles. The molecule has 10 heteroatoms. The first kappa shape index (κ1) is 25.1. The average Bonchev–Trinajstić information content (AvgIpc) is 2.82. The van der Waals surface area contributed by atoms with Crippen LogP contribution in [0.3, 0.4) is 0 Å². The molecule has 0 bridgehead atoms. The number of ether oxygens (including phenoxy) is 2. The molecular formula is C24H23ClN2O6S. The van der Waals surface area contributed by atoms with Crippen LogP contribution in [0.2, 0.25) is 5.02 Å². The van der Waals surface area contributed by atoms with Gasteiger partial charge in [0, 0.05) is 5.69 Å². The summed E-state index contributed by atoms with van der Waals surface area (Å²) in [7, 11) is -1.43. The first-order valence-corrected chi connectivity index (χ1v) is 11.9. The third-order valence-corrected chi connectivity index (χ3v) is 6.97. The molecule has 8 nitrogen and oxygen atoms in total. The zero-order valence-corrected chi connectivity index (χ0v) is 20.3. The van der Waals surface area contributed by atoms with Crippen LogP contribution in [0.25, 0.3) is 0 Å². The molecule has 0 fully saturated rings. The van der Waals surface area contributed by atoms with E-state index < -0.39 is 28.4 Å². The predicted octanol–water partition coefficient (Wildman–Crippen LogP) is 4.28. The monoisotopic (exact) mass is 502 g/mol. The number of nitrogens with one attached hydrogen (secondary N) is 1. The van der Waals surface area contributed by atoms with Gasteiger partial charge < -0.3 is 14.8 Å². The molecule has 0 saturated heterocycles. The van der Waals surface area contributed by atoms with Gasteiger partial charge in [0.25, 0.3) is 10.0 Å². The van der Waals surface area contributed by atoms with E-state index in [0.29, 0.717) is 11.4 Å². The molecular weight excluding hydrogens is 480 g/mol. The van der Waals surface area contributed by atoms with Crippen LogP contribution in [0, 0.1) is 6.92 Å². The minimum absolute atomic E-state index is 0.0190. The van der Waals surface area contributed by atoms with Crippen molar-refractivity contribution in [3.8, 4) is 5.75 Å². The third kappa shape index (κ3) is 5.67. The predicted molar refractivity (Wildman–Crippen MR) is 130 cm³/mol. The minimum Gasteiger partial charge on any atom is -0.495 e. The summed E-state index contributed by atoms with van der Waals surface area (Å²) in [5, 5.41) is 2.81. The van der Waals surface area contributed by atoms with Gasteiger partial charge in [-0.15, -0.1) is 0 Å². The van der Waals surface area contributed by atoms with Gasteiger partial charge in [0.2, 0.25) is 5.91 Å². The Kier molecular flexibility index (Phi) is 7.80. The first-order chi connectivity index (χ1) is 16.1. The summed E-state index contributed by atoms with van der Waals surface area (Å²) in [6, 6.07) is 16.9. The van der Waals surface area contributed by atoms with Gasteiger partial charge in [-0.3, -0.25) is 9.10 Å². The lowest BCUT2D eigenvalue weighted by atomic mass is 10.2. The van der Waals surface area contributed by atoms with Crippen molar-refractivity contribution in [3.05, 3.63) is 82.9 Å². The maximum Gasteiger partial charge on any atom is 0.337 e. The summed E-state index contributed by atoms with van der Waals surface area (Å²) < 4.78 is 37.8. The number of nitrogens with zero attached hydrogens (tertiary/aromatic N) is 1. The quantitative estimate of drug-likeness (QED) is 0.461. The van der Waals surface area contributed by atoms with E-state index in [1.807, 2.05) is 6.92 Å². The van der Waals surface area contributed by atoms with E-state index in [1.54, 1.807) is 24.3 Å². The van der Waals surface area contributed by atoms with Gasteiger partial charge in [-0.2, -0.15) is 0 Å². The topological polar surface area (TPSA) is 102 Å². The van der Waals surface area contributed by atoms with Crippen LogP contribution < -0.4 is 14.4 Å². The fraction of sp³-hybridized carbons (Fsp3) is 0.167. The largest absolute Gasteiger partial charge is 0.495 e. The molecule has 0 aliphatic heterocycles. The standard InChI is InChI=1S/C24H23ClN2O6S/c1-16-7-10-20(11-8-16)34(30,31)27(19-9-12-22(32-2)21(25)14-19)15-23(28)26-18-6-4-5-17(13-18)24(29)33-3/h4-14H,15H2,1-3H3,(H,26,28). The highest BCUT2D eigenvalue weighted by molar-refractivity contribution is 7.92. The lowest BCUT2D eigenvalue weighted by Crippen LogP contribution is -2.38. The summed E-state index contributed by atoms with van der Waals surface area (Å²) in [6.45, 7) is 1.30. The molecule has 1 amide bonds. The molecule has 0 aliphatic carbocycles. The molecule has 3 rings (SSSR count). The number of methoxy groups -OCH3 is 2. The van der Waals surface area contributed by atoms with E-state index in [4.69, 9.17) is 16.3 Å². The number of hydrogen-bond acceptors (Lipinski definition) is 6. The third-order valence-electron chi connectivity index (χ3n) is 4.89. The number of benzene rings is 3. The first-order valence-electron chi connectivity index (χ1n) is 10.1. The fourth-order valence-electron chi connectivity index (χ4n) is 3.14. The van der Waals surface area contributed by atoms with Gasteiger partial charge in [0.1, 0.15) is 12.3 Å². The molecule has 0 radical (unpaired) electrons. The lowest BCUT2D eigenvalue weighted by molar-refractivity contribution is -0.114. The molecule has 3 aromatic rings. The highest BCUT2D eigenvalue weighted by Crippen LogP contribution is 2.32. The second-order valence-electron chi connectivity index (χ2n) is 7.26. The van der Waals surface area contributed by atoms with Crippen molar-refractivity contribution in [1.29, 1.82) is 0 Å². The zero-order chi connectivity index (χ0) is 24.9. The van der Waals surface area contributed by atoms with Gasteiger partial charge in [-0.05, 0) is 55.5 Å². The Morgan fingerprint density at radius 1 is 1.00 bits per heavy atom. The second-order valence-corrected chi connectivity index (χ2v) is 9.53. The molecule has 3 aromatic carbocycles. The molecule has 0 aliphatic rings. The van der Waals surface area contributed by atoms with Gasteiger partial charge in [-0.25, -0.2) is 13.2 Å². The van der Waals surface area contributed by atoms with Crippen LogP contribution >= 0.6 is 11.6 Å². The maximum absolute atomic E-state index is 13.5. The van der Waals surface area contributed by atoms with Crippen molar-refractivity contribution >= 4 is 44.9 Å². The van der Waals surface area contributed by atoms with E-state index in [2.05, 4.69) is 10.1 Å². The van der Waals surface area contributed by atoms with E-state index in [1.165, 1.54) is 56.7 Å². The summed E-state index contributed by atoms with van der Waals surface area (Å²) in [4.78, 5) is 24.7. The van der Waals surface area contributed by atoms with E-state index in [9.17, 15) is 18.0 Å². The number of hydrogen-bond donors (Lipinski definition) is 1. The van der Waals surface area contributed by atoms with Crippen LogP contribution in [0.5, 0.6) is 5.75 Å². The van der Waals surface area contributed by atoms with Crippen LogP contribution in [-0.4, -0.2) is 41.1 Å². The number of carbonyl (C=O) groups excluding carboxylic acids is 2. The summed E-state index contributed by atoms with van der Waals surface area (Å²) in [5.41, 5.74) is 1.63. The number of anilines is 2. The Hall–Kier alpha value is -3.56. The van der Waals surface area contributed by atoms with Crippen molar-refractivity contribution in [3.63, 3.8) is 0 Å². The van der Waals surface area contributed by atoms with Gasteiger partial charge >= 0.3 is 5.97 Å². The molecule has 0 heterocycles. The smallest absolute Gasteiger partial charge is 0.337 e. The number of rotatable bonds is 8. The summed E-state index contributed by atoms with van der Waals surface area (Å²) in [5.74, 6) is -0.820. The van der Waals surface area contributed by atoms with Crippen LogP contribution in [0.4, 0.5) is 11.4 Å². The SMILES string of the molecule is COC(=O)c1cccc(NC(=O)CN(c2ccc(OC)c(Cl)c2)S(=O)(=O)c2ccc(C)cc2)c1. The summed E-state index contributed by atoms with van der Waals surface area (Å²) in [6.07, 6.45) is 0. The lowest BCUT2D eigenvalue weighted by Gasteiger charge is -2.24. The minimum atomic E-state index is -4.12. The molecule has 0 spiro atoms. The van der Waals surface area contributed by atoms with E-state index in [0.717, 1.165) is 9.87 Å². The second kappa shape index (κ2) is 10.6. The number of halogens is 1. The molecule has 0 unspecified atom stereocenters. The van der Waals surface area contributed by atoms with Crippen molar-refractivity contribution in [2.24, 2.45) is 0 Å². The normalized spacial score (nSPS) is 10.9. The van der Waals surface area contributed by atoms with Crippen molar-refractivity contribution in [1.82, 2.24) is 0 Å². The summed E-state index contributed by atoms with van der Waals surface area (Å²) >= 11 is 6.23. The van der Waals surface area contributed by atoms with Crippen LogP contribution in [-0.2, 0) is 19.6 Å². The van der Waals surface area contributed by atoms with E-state index in [-0.39, 0.29) is 21.2 Å². The molecule has 34 heavy (non-hydrogen) atoms. The van der Waals surface area contributed by atoms with Crippen molar-refractivity contribution in [2.45, 2.75) is 11.8 Å². The average molecular weight is 503 g/mol. The molecule has 0 aromatic heterocycles. The molecule has 1 N–H and O–H groups in total. The Balaban J connectivity index is 1.96. The van der Waals surface area contributed by atoms with Crippen LogP contribution in [0.1, 0.15) is 15.9 Å². The maximum atomic E-state index is 13.5. The number of esters is 1. The number of amides is 1. The number of carbonyl (C=O) groups is 2. The Bertz CT molecular complexity index is 1310. The Morgan fingerprint density at radius 2 is 1.71 bits per heavy atom.